The number of hydrogen-bond acceptors (Lipinski definition) is 3. The summed E-state index contributed by atoms with van der Waals surface area (Å²) in [5.41, 5.74) is 0.818. The van der Waals surface area contributed by atoms with Gasteiger partial charge in [0.25, 0.3) is 5.91 Å². The van der Waals surface area contributed by atoms with Gasteiger partial charge >= 0.3 is 0 Å². The lowest BCUT2D eigenvalue weighted by molar-refractivity contribution is 0.0932. The fourth-order valence-corrected chi connectivity index (χ4v) is 1.77. The van der Waals surface area contributed by atoms with Crippen molar-refractivity contribution in [2.24, 2.45) is 0 Å². The molecule has 1 aromatic carbocycles. The van der Waals surface area contributed by atoms with E-state index in [4.69, 9.17) is 11.6 Å². The largest absolute Gasteiger partial charge is 0.347 e. The van der Waals surface area contributed by atoms with Crippen LogP contribution in [0.1, 0.15) is 30.3 Å². The first-order chi connectivity index (χ1) is 8.97. The number of carbonyl (C=O) groups excluding carboxylic acids is 1. The summed E-state index contributed by atoms with van der Waals surface area (Å²) < 4.78 is 1.62. The van der Waals surface area contributed by atoms with Crippen LogP contribution >= 0.6 is 11.6 Å². The van der Waals surface area contributed by atoms with Gasteiger partial charge in [0.05, 0.1) is 5.69 Å². The van der Waals surface area contributed by atoms with Gasteiger partial charge in [0.2, 0.25) is 5.82 Å². The Hall–Kier alpha value is -1.88. The lowest BCUT2D eigenvalue weighted by atomic mass is 10.3. The molecule has 0 bridgehead atoms. The summed E-state index contributed by atoms with van der Waals surface area (Å²) in [4.78, 5) is 16.0. The van der Waals surface area contributed by atoms with E-state index in [-0.39, 0.29) is 17.8 Å². The van der Waals surface area contributed by atoms with Gasteiger partial charge in [-0.2, -0.15) is 0 Å². The smallest absolute Gasteiger partial charge is 0.291 e. The second-order valence-corrected chi connectivity index (χ2v) is 4.94. The highest BCUT2D eigenvalue weighted by atomic mass is 35.5. The zero-order valence-corrected chi connectivity index (χ0v) is 11.8. The molecule has 0 aliphatic rings. The Bertz CT molecular complexity index is 589. The molecule has 1 N–H and O–H groups in total. The zero-order valence-electron chi connectivity index (χ0n) is 11.0. The summed E-state index contributed by atoms with van der Waals surface area (Å²) in [6.45, 7) is 5.58. The van der Waals surface area contributed by atoms with Crippen LogP contribution in [0.15, 0.2) is 24.3 Å². The Morgan fingerprint density at radius 3 is 2.53 bits per heavy atom. The van der Waals surface area contributed by atoms with Crippen LogP contribution in [0, 0.1) is 6.92 Å². The van der Waals surface area contributed by atoms with E-state index < -0.39 is 0 Å². The van der Waals surface area contributed by atoms with Gasteiger partial charge in [0, 0.05) is 11.1 Å². The molecule has 1 amide bonds. The van der Waals surface area contributed by atoms with Crippen LogP contribution in [0.3, 0.4) is 0 Å². The number of aromatic nitrogens is 3. The highest BCUT2D eigenvalue weighted by molar-refractivity contribution is 6.30. The Kier molecular flexibility index (Phi) is 3.85. The Morgan fingerprint density at radius 2 is 1.95 bits per heavy atom. The summed E-state index contributed by atoms with van der Waals surface area (Å²) >= 11 is 5.84. The minimum atomic E-state index is -0.272. The molecular formula is C13H15ClN4O. The molecule has 0 saturated heterocycles. The van der Waals surface area contributed by atoms with Crippen molar-refractivity contribution >= 4 is 17.5 Å². The molecule has 0 aliphatic carbocycles. The number of rotatable bonds is 3. The minimum absolute atomic E-state index is 0.0512. The predicted octanol–water partition coefficient (Wildman–Crippen LogP) is 2.37. The monoisotopic (exact) mass is 278 g/mol. The first-order valence-electron chi connectivity index (χ1n) is 5.98. The van der Waals surface area contributed by atoms with Crippen molar-refractivity contribution in [1.29, 1.82) is 0 Å². The molecule has 100 valence electrons. The van der Waals surface area contributed by atoms with Crippen molar-refractivity contribution in [3.63, 3.8) is 0 Å². The molecule has 5 nitrogen and oxygen atoms in total. The van der Waals surface area contributed by atoms with Gasteiger partial charge in [-0.1, -0.05) is 11.6 Å². The van der Waals surface area contributed by atoms with Crippen molar-refractivity contribution in [1.82, 2.24) is 20.1 Å². The summed E-state index contributed by atoms with van der Waals surface area (Å²) in [7, 11) is 0. The average Bonchev–Trinajstić information content (AvgIpc) is 2.72. The van der Waals surface area contributed by atoms with E-state index >= 15 is 0 Å². The second kappa shape index (κ2) is 5.40. The van der Waals surface area contributed by atoms with Gasteiger partial charge in [0.1, 0.15) is 5.82 Å². The van der Waals surface area contributed by atoms with E-state index in [1.54, 1.807) is 23.7 Å². The number of halogens is 1. The lowest BCUT2D eigenvalue weighted by Crippen LogP contribution is -2.31. The highest BCUT2D eigenvalue weighted by Crippen LogP contribution is 2.14. The van der Waals surface area contributed by atoms with Crippen LogP contribution in [-0.4, -0.2) is 26.7 Å². The number of carbonyl (C=O) groups is 1. The van der Waals surface area contributed by atoms with Crippen molar-refractivity contribution in [3.05, 3.63) is 40.9 Å². The molecule has 0 spiro atoms. The van der Waals surface area contributed by atoms with Gasteiger partial charge in [-0.3, -0.25) is 4.79 Å². The number of benzene rings is 1. The fourth-order valence-electron chi connectivity index (χ4n) is 1.64. The van der Waals surface area contributed by atoms with Gasteiger partial charge in [-0.25, -0.2) is 9.67 Å². The molecule has 1 aromatic heterocycles. The Labute approximate surface area is 116 Å². The molecule has 0 fully saturated rings. The molecule has 0 atom stereocenters. The molecule has 2 aromatic rings. The van der Waals surface area contributed by atoms with Crippen LogP contribution in [0.2, 0.25) is 5.02 Å². The van der Waals surface area contributed by atoms with E-state index in [0.29, 0.717) is 10.8 Å². The third-order valence-electron chi connectivity index (χ3n) is 2.46. The third-order valence-corrected chi connectivity index (χ3v) is 2.71. The summed E-state index contributed by atoms with van der Waals surface area (Å²) in [6.07, 6.45) is 0. The molecule has 0 radical (unpaired) electrons. The van der Waals surface area contributed by atoms with E-state index in [9.17, 15) is 4.79 Å². The topological polar surface area (TPSA) is 59.8 Å². The second-order valence-electron chi connectivity index (χ2n) is 4.50. The normalized spacial score (nSPS) is 10.8. The molecule has 6 heteroatoms. The lowest BCUT2D eigenvalue weighted by Gasteiger charge is -2.04. The summed E-state index contributed by atoms with van der Waals surface area (Å²) in [5.74, 6) is 0.545. The van der Waals surface area contributed by atoms with Crippen LogP contribution in [0.25, 0.3) is 5.69 Å². The van der Waals surface area contributed by atoms with Crippen LogP contribution in [0.5, 0.6) is 0 Å². The van der Waals surface area contributed by atoms with E-state index in [2.05, 4.69) is 15.4 Å². The predicted molar refractivity (Wildman–Crippen MR) is 73.7 cm³/mol. The summed E-state index contributed by atoms with van der Waals surface area (Å²) in [5, 5.41) is 7.63. The first-order valence-corrected chi connectivity index (χ1v) is 6.35. The fraction of sp³-hybridized carbons (Fsp3) is 0.308. The molecule has 0 aliphatic heterocycles. The first kappa shape index (κ1) is 13.5. The maximum atomic E-state index is 11.8. The molecule has 19 heavy (non-hydrogen) atoms. The Morgan fingerprint density at radius 1 is 1.32 bits per heavy atom. The molecule has 0 saturated carbocycles. The van der Waals surface area contributed by atoms with Gasteiger partial charge in [0.15, 0.2) is 0 Å². The van der Waals surface area contributed by atoms with Crippen molar-refractivity contribution in [2.45, 2.75) is 26.8 Å². The number of amides is 1. The van der Waals surface area contributed by atoms with Crippen molar-refractivity contribution in [3.8, 4) is 5.69 Å². The number of hydrogen-bond donors (Lipinski definition) is 1. The van der Waals surface area contributed by atoms with Crippen molar-refractivity contribution < 1.29 is 4.79 Å². The Balaban J connectivity index is 2.31. The molecule has 2 rings (SSSR count). The quantitative estimate of drug-likeness (QED) is 0.938. The SMILES string of the molecule is Cc1nc(C(=O)NC(C)C)nn1-c1ccc(Cl)cc1. The van der Waals surface area contributed by atoms with Crippen LogP contribution in [0.4, 0.5) is 0 Å². The van der Waals surface area contributed by atoms with Crippen molar-refractivity contribution in [2.75, 3.05) is 0 Å². The maximum absolute atomic E-state index is 11.8. The minimum Gasteiger partial charge on any atom is -0.347 e. The maximum Gasteiger partial charge on any atom is 0.291 e. The number of nitrogens with one attached hydrogen (secondary N) is 1. The van der Waals surface area contributed by atoms with E-state index in [0.717, 1.165) is 5.69 Å². The van der Waals surface area contributed by atoms with E-state index in [1.807, 2.05) is 26.0 Å². The average molecular weight is 279 g/mol. The van der Waals surface area contributed by atoms with Gasteiger partial charge in [-0.05, 0) is 45.0 Å². The molecular weight excluding hydrogens is 264 g/mol. The van der Waals surface area contributed by atoms with Gasteiger partial charge < -0.3 is 5.32 Å². The van der Waals surface area contributed by atoms with Gasteiger partial charge in [-0.15, -0.1) is 5.10 Å². The third kappa shape index (κ3) is 3.12. The molecule has 0 unspecified atom stereocenters. The standard InChI is InChI=1S/C13H15ClN4O/c1-8(2)15-13(19)12-16-9(3)18(17-12)11-6-4-10(14)5-7-11/h4-8H,1-3H3,(H,15,19). The zero-order chi connectivity index (χ0) is 14.0. The summed E-state index contributed by atoms with van der Waals surface area (Å²) in [6, 6.07) is 7.25. The van der Waals surface area contributed by atoms with E-state index in [1.165, 1.54) is 0 Å². The number of nitrogens with zero attached hydrogens (tertiary/aromatic N) is 3. The number of aryl methyl sites for hydroxylation is 1. The van der Waals surface area contributed by atoms with Crippen LogP contribution < -0.4 is 5.32 Å². The van der Waals surface area contributed by atoms with Crippen LogP contribution in [-0.2, 0) is 0 Å². The highest BCUT2D eigenvalue weighted by Gasteiger charge is 2.15. The molecule has 1 heterocycles.